The van der Waals surface area contributed by atoms with Gasteiger partial charge in [-0.2, -0.15) is 4.98 Å². The van der Waals surface area contributed by atoms with Crippen molar-refractivity contribution in [3.05, 3.63) is 80.0 Å². The fourth-order valence-electron chi connectivity index (χ4n) is 3.83. The number of fused-ring (bicyclic) bond motifs is 1. The Kier molecular flexibility index (Phi) is 7.70. The minimum absolute atomic E-state index is 0.00161. The Morgan fingerprint density at radius 1 is 1.00 bits per heavy atom. The molecule has 4 aromatic rings. The summed E-state index contributed by atoms with van der Waals surface area (Å²) in [6, 6.07) is 11.2. The Morgan fingerprint density at radius 2 is 1.65 bits per heavy atom. The van der Waals surface area contributed by atoms with Crippen molar-refractivity contribution >= 4 is 28.7 Å². The molecule has 0 atom stereocenters. The number of carbonyl (C=O) groups is 1. The standard InChI is InChI=1S/C26H24ClF3N4O6/c1-25(2,3)40-19(35)14-34-22(36)20-21(32(4)24(34)37)31-23(33(20)13-15-8-10-16(27)11-9-15)38-17-6-5-7-18(12-17)39-26(28,29)30/h5-12H,13-14H2,1-4H3. The summed E-state index contributed by atoms with van der Waals surface area (Å²) in [4.78, 5) is 43.4. The Bertz CT molecular complexity index is 1680. The lowest BCUT2D eigenvalue weighted by molar-refractivity contribution is -0.274. The van der Waals surface area contributed by atoms with Crippen molar-refractivity contribution in [3.8, 4) is 17.5 Å². The third-order valence-electron chi connectivity index (χ3n) is 5.41. The number of alkyl halides is 3. The lowest BCUT2D eigenvalue weighted by atomic mass is 10.2. The number of imidazole rings is 1. The molecule has 14 heteroatoms. The van der Waals surface area contributed by atoms with E-state index in [1.165, 1.54) is 23.7 Å². The fourth-order valence-corrected chi connectivity index (χ4v) is 3.96. The number of carbonyl (C=O) groups excluding carboxylic acids is 1. The lowest BCUT2D eigenvalue weighted by Gasteiger charge is -2.19. The van der Waals surface area contributed by atoms with Crippen molar-refractivity contribution in [2.24, 2.45) is 7.05 Å². The summed E-state index contributed by atoms with van der Waals surface area (Å²) in [5.74, 6) is -1.40. The number of esters is 1. The van der Waals surface area contributed by atoms with E-state index in [4.69, 9.17) is 21.1 Å². The predicted octanol–water partition coefficient (Wildman–Crippen LogP) is 4.63. The molecule has 0 radical (unpaired) electrons. The van der Waals surface area contributed by atoms with Crippen LogP contribution in [0.2, 0.25) is 5.02 Å². The molecule has 2 aromatic carbocycles. The minimum Gasteiger partial charge on any atom is -0.459 e. The zero-order chi connectivity index (χ0) is 29.4. The van der Waals surface area contributed by atoms with Gasteiger partial charge in [0.15, 0.2) is 11.2 Å². The van der Waals surface area contributed by atoms with Crippen LogP contribution in [0.4, 0.5) is 13.2 Å². The monoisotopic (exact) mass is 580 g/mol. The first-order valence-electron chi connectivity index (χ1n) is 11.8. The van der Waals surface area contributed by atoms with E-state index in [1.54, 1.807) is 45.0 Å². The first kappa shape index (κ1) is 28.7. The second-order valence-corrected chi connectivity index (χ2v) is 10.2. The van der Waals surface area contributed by atoms with Gasteiger partial charge in [-0.1, -0.05) is 29.8 Å². The van der Waals surface area contributed by atoms with Crippen LogP contribution in [0.25, 0.3) is 11.2 Å². The first-order chi connectivity index (χ1) is 18.6. The van der Waals surface area contributed by atoms with Crippen molar-refractivity contribution in [1.29, 1.82) is 0 Å². The third-order valence-corrected chi connectivity index (χ3v) is 5.66. The van der Waals surface area contributed by atoms with Gasteiger partial charge in [-0.25, -0.2) is 9.36 Å². The molecule has 0 amide bonds. The van der Waals surface area contributed by atoms with Crippen LogP contribution in [0, 0.1) is 0 Å². The third kappa shape index (κ3) is 6.65. The van der Waals surface area contributed by atoms with E-state index in [0.717, 1.165) is 21.3 Å². The number of aromatic nitrogens is 4. The van der Waals surface area contributed by atoms with Crippen molar-refractivity contribution in [2.75, 3.05) is 0 Å². The Hall–Kier alpha value is -4.26. The molecular weight excluding hydrogens is 557 g/mol. The number of hydrogen-bond acceptors (Lipinski definition) is 7. The number of aryl methyl sites for hydroxylation is 1. The van der Waals surface area contributed by atoms with Gasteiger partial charge in [-0.15, -0.1) is 13.2 Å². The van der Waals surface area contributed by atoms with E-state index in [0.29, 0.717) is 10.6 Å². The number of hydrogen-bond donors (Lipinski definition) is 0. The van der Waals surface area contributed by atoms with E-state index in [9.17, 15) is 27.6 Å². The van der Waals surface area contributed by atoms with Crippen molar-refractivity contribution in [1.82, 2.24) is 18.7 Å². The maximum Gasteiger partial charge on any atom is 0.573 e. The first-order valence-corrected chi connectivity index (χ1v) is 12.2. The van der Waals surface area contributed by atoms with Crippen LogP contribution in [0.1, 0.15) is 26.3 Å². The molecule has 0 spiro atoms. The van der Waals surface area contributed by atoms with Crippen LogP contribution < -0.4 is 20.7 Å². The smallest absolute Gasteiger partial charge is 0.459 e. The van der Waals surface area contributed by atoms with Crippen LogP contribution in [0.5, 0.6) is 17.5 Å². The molecule has 0 unspecified atom stereocenters. The molecule has 0 bridgehead atoms. The molecule has 40 heavy (non-hydrogen) atoms. The van der Waals surface area contributed by atoms with Crippen LogP contribution >= 0.6 is 11.6 Å². The van der Waals surface area contributed by atoms with Crippen molar-refractivity contribution < 1.29 is 32.2 Å². The average Bonchev–Trinajstić information content (AvgIpc) is 3.18. The van der Waals surface area contributed by atoms with Crippen LogP contribution in [-0.2, 0) is 29.7 Å². The van der Waals surface area contributed by atoms with E-state index in [1.807, 2.05) is 0 Å². The second kappa shape index (κ2) is 10.7. The van der Waals surface area contributed by atoms with Gasteiger partial charge in [0.05, 0.1) is 6.54 Å². The zero-order valence-electron chi connectivity index (χ0n) is 21.8. The van der Waals surface area contributed by atoms with E-state index < -0.39 is 41.5 Å². The van der Waals surface area contributed by atoms with Gasteiger partial charge >= 0.3 is 24.0 Å². The number of nitrogens with zero attached hydrogens (tertiary/aromatic N) is 4. The summed E-state index contributed by atoms with van der Waals surface area (Å²) in [5.41, 5.74) is -2.01. The largest absolute Gasteiger partial charge is 0.573 e. The molecule has 0 aliphatic heterocycles. The molecule has 0 N–H and O–H groups in total. The normalized spacial score (nSPS) is 12.0. The highest BCUT2D eigenvalue weighted by Gasteiger charge is 2.31. The lowest BCUT2D eigenvalue weighted by Crippen LogP contribution is -2.42. The maximum atomic E-state index is 13.6. The van der Waals surface area contributed by atoms with Gasteiger partial charge in [-0.3, -0.25) is 18.7 Å². The number of halogens is 4. The summed E-state index contributed by atoms with van der Waals surface area (Å²) in [7, 11) is 1.36. The van der Waals surface area contributed by atoms with E-state index in [-0.39, 0.29) is 29.5 Å². The average molecular weight is 581 g/mol. The molecule has 2 heterocycles. The predicted molar refractivity (Wildman–Crippen MR) is 139 cm³/mol. The maximum absolute atomic E-state index is 13.6. The second-order valence-electron chi connectivity index (χ2n) is 9.72. The van der Waals surface area contributed by atoms with Gasteiger partial charge in [0.2, 0.25) is 0 Å². The molecule has 0 saturated heterocycles. The highest BCUT2D eigenvalue weighted by molar-refractivity contribution is 6.30. The quantitative estimate of drug-likeness (QED) is 0.293. The number of ether oxygens (including phenoxy) is 3. The molecule has 0 aliphatic carbocycles. The highest BCUT2D eigenvalue weighted by Crippen LogP contribution is 2.30. The molecule has 10 nitrogen and oxygen atoms in total. The fraction of sp³-hybridized carbons (Fsp3) is 0.308. The molecule has 2 aromatic heterocycles. The summed E-state index contributed by atoms with van der Waals surface area (Å²) in [6.45, 7) is 4.29. The molecule has 212 valence electrons. The summed E-state index contributed by atoms with van der Waals surface area (Å²) >= 11 is 6.00. The van der Waals surface area contributed by atoms with Gasteiger partial charge in [0.25, 0.3) is 5.56 Å². The summed E-state index contributed by atoms with van der Waals surface area (Å²) in [5, 5.41) is 0.472. The van der Waals surface area contributed by atoms with Crippen LogP contribution in [0.3, 0.4) is 0 Å². The molecule has 0 fully saturated rings. The summed E-state index contributed by atoms with van der Waals surface area (Å²) < 4.78 is 56.4. The Morgan fingerprint density at radius 3 is 2.27 bits per heavy atom. The van der Waals surface area contributed by atoms with Gasteiger partial charge in [-0.05, 0) is 50.6 Å². The molecule has 0 aliphatic rings. The van der Waals surface area contributed by atoms with Gasteiger partial charge in [0, 0.05) is 18.1 Å². The molecular formula is C26H24ClF3N4O6. The van der Waals surface area contributed by atoms with Crippen molar-refractivity contribution in [2.45, 2.75) is 45.8 Å². The topological polar surface area (TPSA) is 107 Å². The number of benzene rings is 2. The van der Waals surface area contributed by atoms with Crippen LogP contribution in [0.15, 0.2) is 58.1 Å². The number of rotatable bonds is 7. The minimum atomic E-state index is -4.92. The highest BCUT2D eigenvalue weighted by atomic mass is 35.5. The molecule has 0 saturated carbocycles. The zero-order valence-corrected chi connectivity index (χ0v) is 22.5. The van der Waals surface area contributed by atoms with Crippen molar-refractivity contribution in [3.63, 3.8) is 0 Å². The van der Waals surface area contributed by atoms with Crippen LogP contribution in [-0.4, -0.2) is 36.6 Å². The van der Waals surface area contributed by atoms with Gasteiger partial charge in [0.1, 0.15) is 23.6 Å². The van der Waals surface area contributed by atoms with Gasteiger partial charge < -0.3 is 14.2 Å². The summed E-state index contributed by atoms with van der Waals surface area (Å²) in [6.07, 6.45) is -4.92. The Balaban J connectivity index is 1.86. The SMILES string of the molecule is Cn1c(=O)n(CC(=O)OC(C)(C)C)c(=O)c2c1nc(Oc1cccc(OC(F)(F)F)c1)n2Cc1ccc(Cl)cc1. The Labute approximate surface area is 230 Å². The van der Waals surface area contributed by atoms with E-state index >= 15 is 0 Å². The molecule has 4 rings (SSSR count). The van der Waals surface area contributed by atoms with E-state index in [2.05, 4.69) is 9.72 Å².